The van der Waals surface area contributed by atoms with Crippen LogP contribution in [0.5, 0.6) is 0 Å². The van der Waals surface area contributed by atoms with Crippen LogP contribution in [0.25, 0.3) is 0 Å². The van der Waals surface area contributed by atoms with Crippen LogP contribution in [-0.4, -0.2) is 22.1 Å². The van der Waals surface area contributed by atoms with E-state index in [9.17, 15) is 5.11 Å². The molecule has 1 atom stereocenters. The second-order valence-corrected chi connectivity index (χ2v) is 4.58. The highest BCUT2D eigenvalue weighted by Crippen LogP contribution is 2.18. The minimum Gasteiger partial charge on any atom is -0.387 e. The summed E-state index contributed by atoms with van der Waals surface area (Å²) in [5, 5.41) is 9.71. The fourth-order valence-corrected chi connectivity index (χ4v) is 1.89. The molecule has 0 aliphatic carbocycles. The number of anilines is 1. The summed E-state index contributed by atoms with van der Waals surface area (Å²) in [6, 6.07) is 7.84. The van der Waals surface area contributed by atoms with Gasteiger partial charge < -0.3 is 10.0 Å². The first-order valence-electron chi connectivity index (χ1n) is 6.44. The summed E-state index contributed by atoms with van der Waals surface area (Å²) in [5.41, 5.74) is 2.90. The van der Waals surface area contributed by atoms with E-state index in [-0.39, 0.29) is 0 Å². The molecule has 2 heterocycles. The molecule has 0 aromatic carbocycles. The fraction of sp³-hybridized carbons (Fsp3) is 0.333. The van der Waals surface area contributed by atoms with E-state index in [4.69, 9.17) is 0 Å². The van der Waals surface area contributed by atoms with E-state index in [1.807, 2.05) is 44.4 Å². The Morgan fingerprint density at radius 2 is 2.11 bits per heavy atom. The highest BCUT2D eigenvalue weighted by atomic mass is 16.3. The lowest BCUT2D eigenvalue weighted by atomic mass is 10.2. The summed E-state index contributed by atoms with van der Waals surface area (Å²) in [4.78, 5) is 10.5. The maximum absolute atomic E-state index is 9.71. The van der Waals surface area contributed by atoms with Crippen molar-refractivity contribution in [3.8, 4) is 0 Å². The Hall–Kier alpha value is -1.94. The van der Waals surface area contributed by atoms with Crippen molar-refractivity contribution in [3.63, 3.8) is 0 Å². The van der Waals surface area contributed by atoms with Crippen molar-refractivity contribution in [1.82, 2.24) is 9.97 Å². The van der Waals surface area contributed by atoms with Crippen molar-refractivity contribution in [3.05, 3.63) is 54.1 Å². The van der Waals surface area contributed by atoms with Gasteiger partial charge in [0.2, 0.25) is 0 Å². The minimum absolute atomic E-state index is 0.474. The molecule has 0 amide bonds. The summed E-state index contributed by atoms with van der Waals surface area (Å²) >= 11 is 0. The third kappa shape index (κ3) is 3.51. The zero-order chi connectivity index (χ0) is 13.7. The highest BCUT2D eigenvalue weighted by molar-refractivity contribution is 5.44. The molecule has 0 bridgehead atoms. The number of hydrogen-bond acceptors (Lipinski definition) is 4. The Balaban J connectivity index is 2.05. The van der Waals surface area contributed by atoms with Crippen LogP contribution in [0.1, 0.15) is 30.7 Å². The second-order valence-electron chi connectivity index (χ2n) is 4.58. The molecule has 4 heteroatoms. The molecule has 100 valence electrons. The number of pyridine rings is 2. The van der Waals surface area contributed by atoms with Crippen molar-refractivity contribution in [1.29, 1.82) is 0 Å². The Labute approximate surface area is 113 Å². The molecule has 0 saturated heterocycles. The predicted molar refractivity (Wildman–Crippen MR) is 75.8 cm³/mol. The van der Waals surface area contributed by atoms with E-state index in [0.29, 0.717) is 6.42 Å². The lowest BCUT2D eigenvalue weighted by Gasteiger charge is -2.19. The number of aliphatic hydroxyl groups is 1. The zero-order valence-corrected chi connectivity index (χ0v) is 11.3. The van der Waals surface area contributed by atoms with Crippen molar-refractivity contribution in [2.24, 2.45) is 0 Å². The number of nitrogens with zero attached hydrogens (tertiary/aromatic N) is 3. The summed E-state index contributed by atoms with van der Waals surface area (Å²) in [7, 11) is 2.01. The van der Waals surface area contributed by atoms with E-state index in [1.54, 1.807) is 12.4 Å². The van der Waals surface area contributed by atoms with Crippen LogP contribution in [0, 0.1) is 0 Å². The van der Waals surface area contributed by atoms with Gasteiger partial charge in [-0.25, -0.2) is 0 Å². The van der Waals surface area contributed by atoms with Gasteiger partial charge in [0.15, 0.2) is 0 Å². The average molecular weight is 257 g/mol. The third-order valence-electron chi connectivity index (χ3n) is 3.08. The van der Waals surface area contributed by atoms with E-state index < -0.39 is 6.10 Å². The zero-order valence-electron chi connectivity index (χ0n) is 11.3. The molecule has 2 aromatic rings. The van der Waals surface area contributed by atoms with Gasteiger partial charge in [-0.05, 0) is 30.2 Å². The van der Waals surface area contributed by atoms with Crippen molar-refractivity contribution in [2.75, 3.05) is 11.9 Å². The van der Waals surface area contributed by atoms with Gasteiger partial charge in [0.25, 0.3) is 0 Å². The topological polar surface area (TPSA) is 49.2 Å². The molecule has 1 N–H and O–H groups in total. The van der Waals surface area contributed by atoms with Crippen molar-refractivity contribution >= 4 is 5.69 Å². The standard InChI is InChI=1S/C15H19N3O/c1-3-15(19)14-7-6-13(10-17-14)18(2)11-12-5-4-8-16-9-12/h4-10,15,19H,3,11H2,1-2H3/t15-/m1/s1. The van der Waals surface area contributed by atoms with Gasteiger partial charge in [-0.15, -0.1) is 0 Å². The van der Waals surface area contributed by atoms with Gasteiger partial charge in [-0.2, -0.15) is 0 Å². The second kappa shape index (κ2) is 6.29. The molecule has 0 unspecified atom stereocenters. The SMILES string of the molecule is CC[C@@H](O)c1ccc(N(C)Cc2cccnc2)cn1. The molecular formula is C15H19N3O. The van der Waals surface area contributed by atoms with Gasteiger partial charge in [0.05, 0.1) is 23.7 Å². The van der Waals surface area contributed by atoms with E-state index >= 15 is 0 Å². The first kappa shape index (κ1) is 13.5. The molecule has 0 radical (unpaired) electrons. The smallest absolute Gasteiger partial charge is 0.0957 e. The van der Waals surface area contributed by atoms with Gasteiger partial charge >= 0.3 is 0 Å². The predicted octanol–water partition coefficient (Wildman–Crippen LogP) is 2.56. The molecule has 0 saturated carbocycles. The number of aliphatic hydroxyl groups excluding tert-OH is 1. The quantitative estimate of drug-likeness (QED) is 0.894. The molecule has 2 rings (SSSR count). The van der Waals surface area contributed by atoms with Gasteiger partial charge in [-0.3, -0.25) is 9.97 Å². The number of aromatic nitrogens is 2. The van der Waals surface area contributed by atoms with Crippen LogP contribution in [0.2, 0.25) is 0 Å². The van der Waals surface area contributed by atoms with Crippen LogP contribution < -0.4 is 4.90 Å². The first-order valence-corrected chi connectivity index (χ1v) is 6.44. The highest BCUT2D eigenvalue weighted by Gasteiger charge is 2.07. The summed E-state index contributed by atoms with van der Waals surface area (Å²) in [6.45, 7) is 2.72. The normalized spacial score (nSPS) is 12.2. The summed E-state index contributed by atoms with van der Waals surface area (Å²) < 4.78 is 0. The average Bonchev–Trinajstić information content (AvgIpc) is 2.47. The number of rotatable bonds is 5. The molecule has 0 aliphatic heterocycles. The Morgan fingerprint density at radius 1 is 1.26 bits per heavy atom. The van der Waals surface area contributed by atoms with E-state index in [2.05, 4.69) is 14.9 Å². The first-order chi connectivity index (χ1) is 9.20. The van der Waals surface area contributed by atoms with Gasteiger partial charge in [0, 0.05) is 26.0 Å². The molecule has 19 heavy (non-hydrogen) atoms. The van der Waals surface area contributed by atoms with Crippen LogP contribution >= 0.6 is 0 Å². The fourth-order valence-electron chi connectivity index (χ4n) is 1.89. The Morgan fingerprint density at radius 3 is 2.68 bits per heavy atom. The van der Waals surface area contributed by atoms with Crippen LogP contribution in [-0.2, 0) is 6.54 Å². The molecule has 0 aliphatic rings. The maximum atomic E-state index is 9.71. The molecule has 2 aromatic heterocycles. The van der Waals surface area contributed by atoms with Crippen LogP contribution in [0.3, 0.4) is 0 Å². The summed E-state index contributed by atoms with van der Waals surface area (Å²) in [6.07, 6.45) is 5.63. The molecular weight excluding hydrogens is 238 g/mol. The third-order valence-corrected chi connectivity index (χ3v) is 3.08. The minimum atomic E-state index is -0.474. The van der Waals surface area contributed by atoms with Gasteiger partial charge in [0.1, 0.15) is 0 Å². The maximum Gasteiger partial charge on any atom is 0.0957 e. The largest absolute Gasteiger partial charge is 0.387 e. The Bertz CT molecular complexity index is 499. The molecule has 0 fully saturated rings. The van der Waals surface area contributed by atoms with Crippen LogP contribution in [0.4, 0.5) is 5.69 Å². The molecule has 4 nitrogen and oxygen atoms in total. The van der Waals surface area contributed by atoms with Crippen molar-refractivity contribution in [2.45, 2.75) is 26.0 Å². The lowest BCUT2D eigenvalue weighted by Crippen LogP contribution is -2.16. The van der Waals surface area contributed by atoms with Crippen molar-refractivity contribution < 1.29 is 5.11 Å². The lowest BCUT2D eigenvalue weighted by molar-refractivity contribution is 0.169. The van der Waals surface area contributed by atoms with E-state index in [1.165, 1.54) is 0 Å². The number of hydrogen-bond donors (Lipinski definition) is 1. The monoisotopic (exact) mass is 257 g/mol. The van der Waals surface area contributed by atoms with Crippen LogP contribution in [0.15, 0.2) is 42.9 Å². The molecule has 0 spiro atoms. The summed E-state index contributed by atoms with van der Waals surface area (Å²) in [5.74, 6) is 0. The van der Waals surface area contributed by atoms with E-state index in [0.717, 1.165) is 23.5 Å². The van der Waals surface area contributed by atoms with Gasteiger partial charge in [-0.1, -0.05) is 13.0 Å². The Kier molecular flexibility index (Phi) is 4.47.